The van der Waals surface area contributed by atoms with Gasteiger partial charge in [0.1, 0.15) is 0 Å². The van der Waals surface area contributed by atoms with Crippen molar-refractivity contribution >= 4 is 33.0 Å². The molecule has 0 spiro atoms. The lowest BCUT2D eigenvalue weighted by Gasteiger charge is -2.32. The van der Waals surface area contributed by atoms with Crippen molar-refractivity contribution in [3.05, 3.63) is 137 Å². The molecule has 0 aliphatic rings. The Morgan fingerprint density at radius 3 is 1.53 bits per heavy atom. The predicted octanol–water partition coefficient (Wildman–Crippen LogP) is 10.6. The molecule has 0 saturated carbocycles. The molecule has 5 aromatic rings. The van der Waals surface area contributed by atoms with E-state index >= 15 is 0 Å². The van der Waals surface area contributed by atoms with Crippen molar-refractivity contribution in [2.45, 2.75) is 26.2 Å². The van der Waals surface area contributed by atoms with Crippen molar-refractivity contribution < 1.29 is 0 Å². The minimum absolute atomic E-state index is 0.0160. The predicted molar refractivity (Wildman–Crippen MR) is 158 cm³/mol. The smallest absolute Gasteiger partial charge is 0.0618 e. The number of para-hydroxylation sites is 2. The van der Waals surface area contributed by atoms with E-state index in [9.17, 15) is 0 Å². The molecule has 0 aromatic heterocycles. The highest BCUT2D eigenvalue weighted by Crippen LogP contribution is 2.47. The van der Waals surface area contributed by atoms with Gasteiger partial charge in [0.25, 0.3) is 0 Å². The van der Waals surface area contributed by atoms with E-state index in [0.717, 1.165) is 15.8 Å². The van der Waals surface area contributed by atoms with Crippen LogP contribution in [-0.2, 0) is 5.41 Å². The molecule has 0 heterocycles. The highest BCUT2D eigenvalue weighted by atomic mass is 79.9. The molecule has 0 atom stereocenters. The van der Waals surface area contributed by atoms with Crippen LogP contribution in [0.15, 0.2) is 132 Å². The molecule has 2 heteroatoms. The van der Waals surface area contributed by atoms with Gasteiger partial charge in [0.2, 0.25) is 0 Å². The summed E-state index contributed by atoms with van der Waals surface area (Å²) in [6, 6.07) is 45.4. The average Bonchev–Trinajstić information content (AvgIpc) is 2.90. The highest BCUT2D eigenvalue weighted by molar-refractivity contribution is 9.10. The van der Waals surface area contributed by atoms with E-state index in [1.165, 1.54) is 33.5 Å². The summed E-state index contributed by atoms with van der Waals surface area (Å²) in [5.41, 5.74) is 9.48. The van der Waals surface area contributed by atoms with Crippen LogP contribution in [0.4, 0.5) is 17.1 Å². The zero-order chi connectivity index (χ0) is 25.1. The summed E-state index contributed by atoms with van der Waals surface area (Å²) in [6.07, 6.45) is 0. The van der Waals surface area contributed by atoms with Gasteiger partial charge < -0.3 is 4.90 Å². The molecule has 36 heavy (non-hydrogen) atoms. The number of anilines is 3. The molecule has 0 N–H and O–H groups in total. The van der Waals surface area contributed by atoms with E-state index in [0.29, 0.717) is 0 Å². The van der Waals surface area contributed by atoms with Crippen LogP contribution in [0.1, 0.15) is 26.3 Å². The van der Waals surface area contributed by atoms with Gasteiger partial charge in [-0.25, -0.2) is 0 Å². The molecule has 0 unspecified atom stereocenters. The Labute approximate surface area is 223 Å². The number of hydrogen-bond acceptors (Lipinski definition) is 1. The van der Waals surface area contributed by atoms with Gasteiger partial charge >= 0.3 is 0 Å². The standard InChI is InChI=1S/C34H30BrN/c1-34(2,3)27-22-28(35)24-30(23-27)36(29-18-11-6-12-19-29)33-31(25-14-7-4-8-15-25)20-13-21-32(33)26-16-9-5-10-17-26/h4-24H,1-3H3. The van der Waals surface area contributed by atoms with Gasteiger partial charge in [0, 0.05) is 27.0 Å². The molecule has 0 aliphatic carbocycles. The summed E-state index contributed by atoms with van der Waals surface area (Å²) in [7, 11) is 0. The second kappa shape index (κ2) is 10.2. The molecule has 0 radical (unpaired) electrons. The normalized spacial score (nSPS) is 11.3. The Morgan fingerprint density at radius 1 is 0.528 bits per heavy atom. The minimum atomic E-state index is 0.0160. The summed E-state index contributed by atoms with van der Waals surface area (Å²) in [4.78, 5) is 2.41. The molecule has 0 amide bonds. The first kappa shape index (κ1) is 24.1. The maximum atomic E-state index is 3.82. The lowest BCUT2D eigenvalue weighted by Crippen LogP contribution is -2.16. The molecule has 1 nitrogen and oxygen atoms in total. The van der Waals surface area contributed by atoms with Gasteiger partial charge in [0.15, 0.2) is 0 Å². The SMILES string of the molecule is CC(C)(C)c1cc(Br)cc(N(c2ccccc2)c2c(-c3ccccc3)cccc2-c2ccccc2)c1. The lowest BCUT2D eigenvalue weighted by atomic mass is 9.86. The van der Waals surface area contributed by atoms with E-state index in [-0.39, 0.29) is 5.41 Å². The van der Waals surface area contributed by atoms with E-state index in [2.05, 4.69) is 169 Å². The molecule has 5 rings (SSSR count). The number of nitrogens with zero attached hydrogens (tertiary/aromatic N) is 1. The third-order valence-corrected chi connectivity index (χ3v) is 6.91. The van der Waals surface area contributed by atoms with Gasteiger partial charge in [-0.1, -0.05) is 134 Å². The fraction of sp³-hybridized carbons (Fsp3) is 0.118. The largest absolute Gasteiger partial charge is 0.309 e. The highest BCUT2D eigenvalue weighted by Gasteiger charge is 2.23. The zero-order valence-electron chi connectivity index (χ0n) is 20.9. The first-order valence-corrected chi connectivity index (χ1v) is 13.1. The fourth-order valence-electron chi connectivity index (χ4n) is 4.61. The van der Waals surface area contributed by atoms with Crippen molar-refractivity contribution in [3.8, 4) is 22.3 Å². The van der Waals surface area contributed by atoms with Crippen LogP contribution in [0, 0.1) is 0 Å². The van der Waals surface area contributed by atoms with Crippen LogP contribution >= 0.6 is 15.9 Å². The Hall–Kier alpha value is -3.62. The Kier molecular flexibility index (Phi) is 6.80. The lowest BCUT2D eigenvalue weighted by molar-refractivity contribution is 0.590. The van der Waals surface area contributed by atoms with Crippen molar-refractivity contribution in [2.75, 3.05) is 4.90 Å². The van der Waals surface area contributed by atoms with Crippen LogP contribution in [0.5, 0.6) is 0 Å². The number of benzene rings is 5. The van der Waals surface area contributed by atoms with Crippen LogP contribution in [0.3, 0.4) is 0 Å². The van der Waals surface area contributed by atoms with Crippen LogP contribution in [0.2, 0.25) is 0 Å². The first-order chi connectivity index (χ1) is 17.4. The molecule has 0 saturated heterocycles. The summed E-state index contributed by atoms with van der Waals surface area (Å²) in [5, 5.41) is 0. The average molecular weight is 533 g/mol. The number of hydrogen-bond donors (Lipinski definition) is 0. The maximum Gasteiger partial charge on any atom is 0.0618 e. The second-order valence-corrected chi connectivity index (χ2v) is 11.0. The van der Waals surface area contributed by atoms with E-state index in [4.69, 9.17) is 0 Å². The maximum absolute atomic E-state index is 3.82. The molecule has 178 valence electrons. The summed E-state index contributed by atoms with van der Waals surface area (Å²) in [6.45, 7) is 6.79. The van der Waals surface area contributed by atoms with Crippen molar-refractivity contribution in [1.82, 2.24) is 0 Å². The fourth-order valence-corrected chi connectivity index (χ4v) is 5.09. The summed E-state index contributed by atoms with van der Waals surface area (Å²) in [5.74, 6) is 0. The summed E-state index contributed by atoms with van der Waals surface area (Å²) < 4.78 is 1.07. The quantitative estimate of drug-likeness (QED) is 0.218. The van der Waals surface area contributed by atoms with Crippen LogP contribution in [0.25, 0.3) is 22.3 Å². The first-order valence-electron chi connectivity index (χ1n) is 12.3. The molecular formula is C34H30BrN. The van der Waals surface area contributed by atoms with Crippen molar-refractivity contribution in [1.29, 1.82) is 0 Å². The van der Waals surface area contributed by atoms with Gasteiger partial charge in [-0.05, 0) is 52.4 Å². The molecular weight excluding hydrogens is 502 g/mol. The third-order valence-electron chi connectivity index (χ3n) is 6.45. The number of halogens is 1. The molecule has 0 aliphatic heterocycles. The van der Waals surface area contributed by atoms with Crippen LogP contribution < -0.4 is 4.90 Å². The van der Waals surface area contributed by atoms with Crippen LogP contribution in [-0.4, -0.2) is 0 Å². The molecule has 0 bridgehead atoms. The van der Waals surface area contributed by atoms with Gasteiger partial charge in [-0.2, -0.15) is 0 Å². The van der Waals surface area contributed by atoms with Crippen molar-refractivity contribution in [2.24, 2.45) is 0 Å². The van der Waals surface area contributed by atoms with Gasteiger partial charge in [-0.3, -0.25) is 0 Å². The monoisotopic (exact) mass is 531 g/mol. The third kappa shape index (κ3) is 5.01. The molecule has 0 fully saturated rings. The van der Waals surface area contributed by atoms with Gasteiger partial charge in [-0.15, -0.1) is 0 Å². The second-order valence-electron chi connectivity index (χ2n) is 10.1. The Morgan fingerprint density at radius 2 is 1.03 bits per heavy atom. The minimum Gasteiger partial charge on any atom is -0.309 e. The topological polar surface area (TPSA) is 3.24 Å². The summed E-state index contributed by atoms with van der Waals surface area (Å²) >= 11 is 3.82. The van der Waals surface area contributed by atoms with Crippen molar-refractivity contribution in [3.63, 3.8) is 0 Å². The van der Waals surface area contributed by atoms with E-state index in [1.54, 1.807) is 0 Å². The Bertz CT molecular complexity index is 1390. The number of rotatable bonds is 5. The van der Waals surface area contributed by atoms with E-state index in [1.807, 2.05) is 0 Å². The van der Waals surface area contributed by atoms with Gasteiger partial charge in [0.05, 0.1) is 5.69 Å². The molecule has 5 aromatic carbocycles. The Balaban J connectivity index is 1.87. The zero-order valence-corrected chi connectivity index (χ0v) is 22.5. The van der Waals surface area contributed by atoms with E-state index < -0.39 is 0 Å².